The Labute approximate surface area is 106 Å². The first-order valence-corrected chi connectivity index (χ1v) is 7.05. The number of benzene rings is 1. The molecule has 92 valence electrons. The number of hydrogen-bond acceptors (Lipinski definition) is 3. The first-order valence-electron chi connectivity index (χ1n) is 5.90. The molecule has 0 spiro atoms. The number of rotatable bonds is 5. The largest absolute Gasteiger partial charge is 0.491 e. The summed E-state index contributed by atoms with van der Waals surface area (Å²) in [6.45, 7) is 2.65. The van der Waals surface area contributed by atoms with Crippen molar-refractivity contribution in [3.8, 4) is 5.75 Å². The van der Waals surface area contributed by atoms with Crippen LogP contribution in [0.4, 0.5) is 0 Å². The van der Waals surface area contributed by atoms with E-state index in [4.69, 9.17) is 4.74 Å². The average Bonchev–Trinajstić information content (AvgIpc) is 2.73. The summed E-state index contributed by atoms with van der Waals surface area (Å²) in [5, 5.41) is 3.02. The van der Waals surface area contributed by atoms with Crippen LogP contribution in [-0.2, 0) is 4.79 Å². The minimum absolute atomic E-state index is 0.0188. The summed E-state index contributed by atoms with van der Waals surface area (Å²) < 4.78 is 5.52. The highest BCUT2D eigenvalue weighted by atomic mass is 32.2. The van der Waals surface area contributed by atoms with Gasteiger partial charge in [-0.25, -0.2) is 0 Å². The van der Waals surface area contributed by atoms with Crippen molar-refractivity contribution < 1.29 is 9.53 Å². The van der Waals surface area contributed by atoms with Gasteiger partial charge in [0.05, 0.1) is 6.04 Å². The van der Waals surface area contributed by atoms with Gasteiger partial charge in [0.1, 0.15) is 12.4 Å². The molecule has 1 aliphatic rings. The van der Waals surface area contributed by atoms with Crippen molar-refractivity contribution in [2.45, 2.75) is 19.4 Å². The molecule has 1 unspecified atom stereocenters. The second kappa shape index (κ2) is 5.96. The van der Waals surface area contributed by atoms with Crippen LogP contribution in [-0.4, -0.2) is 24.0 Å². The monoisotopic (exact) mass is 251 g/mol. The number of amides is 1. The lowest BCUT2D eigenvalue weighted by atomic mass is 10.1. The molecule has 1 amide bonds. The van der Waals surface area contributed by atoms with Crippen molar-refractivity contribution in [1.82, 2.24) is 5.32 Å². The first kappa shape index (κ1) is 12.3. The van der Waals surface area contributed by atoms with E-state index in [0.29, 0.717) is 13.0 Å². The van der Waals surface area contributed by atoms with E-state index in [9.17, 15) is 4.79 Å². The van der Waals surface area contributed by atoms with Gasteiger partial charge in [-0.05, 0) is 11.8 Å². The molecule has 2 rings (SSSR count). The Balaban J connectivity index is 1.87. The molecule has 1 N–H and O–H groups in total. The standard InChI is InChI=1S/C13H17NO2S/c1-2-17-8-7-13(15)14-11-9-16-12-6-4-3-5-10(11)12/h3-6,11H,2,7-9H2,1H3,(H,14,15). The smallest absolute Gasteiger partial charge is 0.221 e. The molecule has 1 aliphatic heterocycles. The molecular weight excluding hydrogens is 234 g/mol. The van der Waals surface area contributed by atoms with E-state index in [1.807, 2.05) is 24.3 Å². The maximum absolute atomic E-state index is 11.7. The maximum atomic E-state index is 11.7. The van der Waals surface area contributed by atoms with Crippen LogP contribution in [0, 0.1) is 0 Å². The van der Waals surface area contributed by atoms with E-state index >= 15 is 0 Å². The van der Waals surface area contributed by atoms with Crippen molar-refractivity contribution in [1.29, 1.82) is 0 Å². The van der Waals surface area contributed by atoms with Crippen LogP contribution in [0.15, 0.2) is 24.3 Å². The van der Waals surface area contributed by atoms with E-state index in [0.717, 1.165) is 22.8 Å². The lowest BCUT2D eigenvalue weighted by molar-refractivity contribution is -0.121. The predicted molar refractivity (Wildman–Crippen MR) is 70.4 cm³/mol. The fourth-order valence-electron chi connectivity index (χ4n) is 1.86. The number of fused-ring (bicyclic) bond motifs is 1. The Morgan fingerprint density at radius 3 is 3.18 bits per heavy atom. The molecule has 17 heavy (non-hydrogen) atoms. The number of para-hydroxylation sites is 1. The first-order chi connectivity index (χ1) is 8.31. The van der Waals surface area contributed by atoms with E-state index in [2.05, 4.69) is 12.2 Å². The molecule has 1 heterocycles. The summed E-state index contributed by atoms with van der Waals surface area (Å²) in [5.41, 5.74) is 1.09. The summed E-state index contributed by atoms with van der Waals surface area (Å²) in [7, 11) is 0. The quantitative estimate of drug-likeness (QED) is 0.817. The molecule has 0 radical (unpaired) electrons. The lowest BCUT2D eigenvalue weighted by Crippen LogP contribution is -2.29. The van der Waals surface area contributed by atoms with Crippen LogP contribution in [0.1, 0.15) is 24.9 Å². The van der Waals surface area contributed by atoms with Crippen LogP contribution in [0.2, 0.25) is 0 Å². The van der Waals surface area contributed by atoms with Gasteiger partial charge in [-0.3, -0.25) is 4.79 Å². The molecule has 1 aromatic carbocycles. The summed E-state index contributed by atoms with van der Waals surface area (Å²) in [6, 6.07) is 7.88. The zero-order valence-corrected chi connectivity index (χ0v) is 10.8. The normalized spacial score (nSPS) is 17.4. The van der Waals surface area contributed by atoms with Crippen molar-refractivity contribution in [3.05, 3.63) is 29.8 Å². The molecule has 0 aromatic heterocycles. The Morgan fingerprint density at radius 1 is 1.53 bits per heavy atom. The summed E-state index contributed by atoms with van der Waals surface area (Å²) >= 11 is 1.79. The lowest BCUT2D eigenvalue weighted by Gasteiger charge is -2.11. The minimum Gasteiger partial charge on any atom is -0.491 e. The zero-order valence-electron chi connectivity index (χ0n) is 9.94. The number of carbonyl (C=O) groups is 1. The molecular formula is C13H17NO2S. The topological polar surface area (TPSA) is 38.3 Å². The van der Waals surface area contributed by atoms with Crippen LogP contribution >= 0.6 is 11.8 Å². The molecule has 4 heteroatoms. The minimum atomic E-state index is 0.0188. The summed E-state index contributed by atoms with van der Waals surface area (Å²) in [4.78, 5) is 11.7. The highest BCUT2D eigenvalue weighted by molar-refractivity contribution is 7.99. The molecule has 1 aromatic rings. The molecule has 3 nitrogen and oxygen atoms in total. The molecule has 0 fully saturated rings. The number of thioether (sulfide) groups is 1. The van der Waals surface area contributed by atoms with Gasteiger partial charge >= 0.3 is 0 Å². The highest BCUT2D eigenvalue weighted by Crippen LogP contribution is 2.31. The van der Waals surface area contributed by atoms with Gasteiger partial charge in [0.15, 0.2) is 0 Å². The van der Waals surface area contributed by atoms with Crippen molar-refractivity contribution >= 4 is 17.7 Å². The van der Waals surface area contributed by atoms with E-state index in [1.165, 1.54) is 0 Å². The van der Waals surface area contributed by atoms with Crippen molar-refractivity contribution in [2.75, 3.05) is 18.1 Å². The number of hydrogen-bond donors (Lipinski definition) is 1. The highest BCUT2D eigenvalue weighted by Gasteiger charge is 2.24. The maximum Gasteiger partial charge on any atom is 0.221 e. The van der Waals surface area contributed by atoms with Gasteiger partial charge in [-0.2, -0.15) is 11.8 Å². The van der Waals surface area contributed by atoms with E-state index in [1.54, 1.807) is 11.8 Å². The SMILES string of the molecule is CCSCCC(=O)NC1COc2ccccc21. The van der Waals surface area contributed by atoms with Crippen molar-refractivity contribution in [2.24, 2.45) is 0 Å². The Bertz CT molecular complexity index is 395. The zero-order chi connectivity index (χ0) is 12.1. The Morgan fingerprint density at radius 2 is 2.35 bits per heavy atom. The van der Waals surface area contributed by atoms with Gasteiger partial charge in [-0.15, -0.1) is 0 Å². The Kier molecular flexibility index (Phi) is 4.31. The van der Waals surface area contributed by atoms with Gasteiger partial charge in [0.2, 0.25) is 5.91 Å². The third kappa shape index (κ3) is 3.16. The molecule has 0 bridgehead atoms. The average molecular weight is 251 g/mol. The fraction of sp³-hybridized carbons (Fsp3) is 0.462. The van der Waals surface area contributed by atoms with Gasteiger partial charge in [0.25, 0.3) is 0 Å². The van der Waals surface area contributed by atoms with Crippen LogP contribution in [0.3, 0.4) is 0 Å². The summed E-state index contributed by atoms with van der Waals surface area (Å²) in [6.07, 6.45) is 0.581. The third-order valence-corrected chi connectivity index (χ3v) is 3.61. The van der Waals surface area contributed by atoms with E-state index < -0.39 is 0 Å². The van der Waals surface area contributed by atoms with Gasteiger partial charge < -0.3 is 10.1 Å². The molecule has 0 saturated heterocycles. The molecule has 0 aliphatic carbocycles. The third-order valence-electron chi connectivity index (χ3n) is 2.71. The predicted octanol–water partition coefficient (Wildman–Crippen LogP) is 2.38. The molecule has 0 saturated carbocycles. The number of ether oxygens (including phenoxy) is 1. The van der Waals surface area contributed by atoms with Crippen LogP contribution < -0.4 is 10.1 Å². The van der Waals surface area contributed by atoms with Crippen LogP contribution in [0.25, 0.3) is 0 Å². The van der Waals surface area contributed by atoms with Crippen molar-refractivity contribution in [3.63, 3.8) is 0 Å². The second-order valence-electron chi connectivity index (χ2n) is 3.92. The number of carbonyl (C=O) groups excluding carboxylic acids is 1. The van der Waals surface area contributed by atoms with Gasteiger partial charge in [-0.1, -0.05) is 25.1 Å². The second-order valence-corrected chi connectivity index (χ2v) is 5.31. The molecule has 1 atom stereocenters. The summed E-state index contributed by atoms with van der Waals surface area (Å²) in [5.74, 6) is 2.94. The fourth-order valence-corrected chi connectivity index (χ4v) is 2.48. The van der Waals surface area contributed by atoms with E-state index in [-0.39, 0.29) is 11.9 Å². The van der Waals surface area contributed by atoms with Crippen LogP contribution in [0.5, 0.6) is 5.75 Å². The Hall–Kier alpha value is -1.16. The van der Waals surface area contributed by atoms with Gasteiger partial charge in [0, 0.05) is 17.7 Å². The number of nitrogens with one attached hydrogen (secondary N) is 1.